The number of rotatable bonds is 4. The molecule has 17 heavy (non-hydrogen) atoms. The van der Waals surface area contributed by atoms with Gasteiger partial charge in [-0.05, 0) is 35.7 Å². The lowest BCUT2D eigenvalue weighted by atomic mass is 10.0. The van der Waals surface area contributed by atoms with Crippen LogP contribution in [0, 0.1) is 0 Å². The first-order valence-corrected chi connectivity index (χ1v) is 6.91. The molecule has 5 heteroatoms. The average molecular weight is 300 g/mol. The van der Waals surface area contributed by atoms with E-state index in [-0.39, 0.29) is 0 Å². The molecule has 0 spiro atoms. The van der Waals surface area contributed by atoms with Crippen molar-refractivity contribution in [2.45, 2.75) is 45.1 Å². The summed E-state index contributed by atoms with van der Waals surface area (Å²) in [5.41, 5.74) is 6.97. The van der Waals surface area contributed by atoms with Crippen molar-refractivity contribution in [3.63, 3.8) is 0 Å². The van der Waals surface area contributed by atoms with Crippen LogP contribution in [0.2, 0.25) is 0 Å². The van der Waals surface area contributed by atoms with Gasteiger partial charge in [0.25, 0.3) is 0 Å². The van der Waals surface area contributed by atoms with Crippen LogP contribution in [0.3, 0.4) is 0 Å². The predicted octanol–water partition coefficient (Wildman–Crippen LogP) is 3.02. The summed E-state index contributed by atoms with van der Waals surface area (Å²) >= 11 is 3.50. The van der Waals surface area contributed by atoms with Crippen LogP contribution in [-0.4, -0.2) is 16.6 Å². The summed E-state index contributed by atoms with van der Waals surface area (Å²) in [5, 5.41) is 0. The van der Waals surface area contributed by atoms with E-state index in [0.717, 1.165) is 10.2 Å². The molecule has 2 N–H and O–H groups in total. The maximum atomic E-state index is 5.91. The van der Waals surface area contributed by atoms with E-state index in [0.29, 0.717) is 30.8 Å². The number of nitrogens with two attached hydrogens (primary N) is 1. The Bertz CT molecular complexity index is 392. The molecule has 1 aromatic rings. The maximum absolute atomic E-state index is 5.91. The largest absolute Gasteiger partial charge is 0.383 e. The second-order valence-electron chi connectivity index (χ2n) is 4.34. The summed E-state index contributed by atoms with van der Waals surface area (Å²) in [6, 6.07) is 0. The molecule has 2 rings (SSSR count). The average Bonchev–Trinajstić information content (AvgIpc) is 2.84. The molecule has 0 radical (unpaired) electrons. The number of halogens is 1. The van der Waals surface area contributed by atoms with Crippen molar-refractivity contribution in [1.82, 2.24) is 9.97 Å². The van der Waals surface area contributed by atoms with Crippen LogP contribution in [0.5, 0.6) is 0 Å². The third-order valence-electron chi connectivity index (χ3n) is 3.13. The van der Waals surface area contributed by atoms with Crippen LogP contribution in [0.15, 0.2) is 4.47 Å². The van der Waals surface area contributed by atoms with Crippen molar-refractivity contribution < 1.29 is 4.74 Å². The molecule has 0 amide bonds. The summed E-state index contributed by atoms with van der Waals surface area (Å²) in [6.07, 6.45) is 4.95. The Morgan fingerprint density at radius 1 is 1.35 bits per heavy atom. The lowest BCUT2D eigenvalue weighted by Crippen LogP contribution is -2.09. The van der Waals surface area contributed by atoms with Gasteiger partial charge in [-0.25, -0.2) is 9.97 Å². The van der Waals surface area contributed by atoms with Crippen molar-refractivity contribution in [3.8, 4) is 0 Å². The van der Waals surface area contributed by atoms with E-state index in [4.69, 9.17) is 10.5 Å². The number of hydrogen-bond acceptors (Lipinski definition) is 4. The zero-order valence-electron chi connectivity index (χ0n) is 10.1. The topological polar surface area (TPSA) is 61.0 Å². The van der Waals surface area contributed by atoms with E-state index in [1.54, 1.807) is 0 Å². The van der Waals surface area contributed by atoms with E-state index < -0.39 is 0 Å². The van der Waals surface area contributed by atoms with E-state index in [9.17, 15) is 0 Å². The van der Waals surface area contributed by atoms with Gasteiger partial charge in [-0.15, -0.1) is 0 Å². The van der Waals surface area contributed by atoms with Gasteiger partial charge < -0.3 is 10.5 Å². The Hall–Kier alpha value is -0.680. The molecule has 0 unspecified atom stereocenters. The van der Waals surface area contributed by atoms with E-state index >= 15 is 0 Å². The minimum atomic E-state index is 0.438. The predicted molar refractivity (Wildman–Crippen MR) is 70.7 cm³/mol. The fraction of sp³-hybridized carbons (Fsp3) is 0.667. The molecule has 1 aliphatic rings. The molecular weight excluding hydrogens is 282 g/mol. The van der Waals surface area contributed by atoms with E-state index in [1.165, 1.54) is 25.7 Å². The highest BCUT2D eigenvalue weighted by molar-refractivity contribution is 9.10. The van der Waals surface area contributed by atoms with Gasteiger partial charge in [0.2, 0.25) is 0 Å². The van der Waals surface area contributed by atoms with Crippen molar-refractivity contribution >= 4 is 21.7 Å². The molecule has 0 atom stereocenters. The van der Waals surface area contributed by atoms with Gasteiger partial charge in [0.15, 0.2) is 5.82 Å². The number of hydrogen-bond donors (Lipinski definition) is 1. The molecule has 94 valence electrons. The van der Waals surface area contributed by atoms with Gasteiger partial charge in [-0.1, -0.05) is 12.8 Å². The molecule has 0 saturated heterocycles. The second-order valence-corrected chi connectivity index (χ2v) is 5.14. The van der Waals surface area contributed by atoms with Gasteiger partial charge in [0.05, 0.1) is 10.2 Å². The molecule has 1 saturated carbocycles. The van der Waals surface area contributed by atoms with Crippen LogP contribution in [-0.2, 0) is 11.3 Å². The number of ether oxygens (including phenoxy) is 1. The van der Waals surface area contributed by atoms with Crippen molar-refractivity contribution in [1.29, 1.82) is 0 Å². The highest BCUT2D eigenvalue weighted by atomic mass is 79.9. The monoisotopic (exact) mass is 299 g/mol. The molecule has 1 aliphatic carbocycles. The number of anilines is 1. The highest BCUT2D eigenvalue weighted by Crippen LogP contribution is 2.38. The molecule has 1 heterocycles. The fourth-order valence-corrected chi connectivity index (χ4v) is 2.76. The van der Waals surface area contributed by atoms with Crippen molar-refractivity contribution in [2.75, 3.05) is 12.3 Å². The summed E-state index contributed by atoms with van der Waals surface area (Å²) in [4.78, 5) is 8.83. The number of aromatic nitrogens is 2. The zero-order valence-corrected chi connectivity index (χ0v) is 11.7. The quantitative estimate of drug-likeness (QED) is 0.928. The lowest BCUT2D eigenvalue weighted by Gasteiger charge is -2.13. The Balaban J connectivity index is 2.25. The van der Waals surface area contributed by atoms with Gasteiger partial charge in [0.1, 0.15) is 12.4 Å². The van der Waals surface area contributed by atoms with Gasteiger partial charge in [-0.2, -0.15) is 0 Å². The number of nitrogen functional groups attached to an aromatic ring is 1. The third-order valence-corrected chi connectivity index (χ3v) is 3.94. The highest BCUT2D eigenvalue weighted by Gasteiger charge is 2.23. The summed E-state index contributed by atoms with van der Waals surface area (Å²) in [7, 11) is 0. The Morgan fingerprint density at radius 2 is 2.06 bits per heavy atom. The summed E-state index contributed by atoms with van der Waals surface area (Å²) in [6.45, 7) is 3.06. The van der Waals surface area contributed by atoms with Crippen molar-refractivity contribution in [3.05, 3.63) is 16.0 Å². The minimum absolute atomic E-state index is 0.438. The van der Waals surface area contributed by atoms with Gasteiger partial charge >= 0.3 is 0 Å². The first-order chi connectivity index (χ1) is 8.22. The Labute approximate surface area is 110 Å². The Morgan fingerprint density at radius 3 is 2.71 bits per heavy atom. The van der Waals surface area contributed by atoms with E-state index in [2.05, 4.69) is 25.9 Å². The SMILES string of the molecule is CCOCc1nc(N)c(Br)c(C2CCCC2)n1. The zero-order chi connectivity index (χ0) is 12.3. The van der Waals surface area contributed by atoms with E-state index in [1.807, 2.05) is 6.92 Å². The normalized spacial score (nSPS) is 16.6. The van der Waals surface area contributed by atoms with Gasteiger partial charge in [-0.3, -0.25) is 0 Å². The molecule has 4 nitrogen and oxygen atoms in total. The van der Waals surface area contributed by atoms with Crippen LogP contribution in [0.25, 0.3) is 0 Å². The molecule has 0 aliphatic heterocycles. The maximum Gasteiger partial charge on any atom is 0.156 e. The third kappa shape index (κ3) is 2.96. The molecule has 1 fully saturated rings. The summed E-state index contributed by atoms with van der Waals surface area (Å²) in [5.74, 6) is 1.74. The fourth-order valence-electron chi connectivity index (χ4n) is 2.26. The Kier molecular flexibility index (Phi) is 4.34. The van der Waals surface area contributed by atoms with Crippen LogP contribution >= 0.6 is 15.9 Å². The smallest absolute Gasteiger partial charge is 0.156 e. The van der Waals surface area contributed by atoms with Crippen molar-refractivity contribution in [2.24, 2.45) is 0 Å². The summed E-state index contributed by atoms with van der Waals surface area (Å²) < 4.78 is 6.20. The van der Waals surface area contributed by atoms with Crippen LogP contribution < -0.4 is 5.73 Å². The van der Waals surface area contributed by atoms with Gasteiger partial charge in [0, 0.05) is 12.5 Å². The standard InChI is InChI=1S/C12H18BrN3O/c1-2-17-7-9-15-11(8-5-3-4-6-8)10(13)12(14)16-9/h8H,2-7H2,1H3,(H2,14,15,16). The van der Waals surface area contributed by atoms with Crippen LogP contribution in [0.4, 0.5) is 5.82 Å². The first-order valence-electron chi connectivity index (χ1n) is 6.12. The molecular formula is C12H18BrN3O. The number of nitrogens with zero attached hydrogens (tertiary/aromatic N) is 2. The second kappa shape index (κ2) is 5.78. The first kappa shape index (κ1) is 12.8. The minimum Gasteiger partial charge on any atom is -0.383 e. The van der Waals surface area contributed by atoms with Crippen LogP contribution in [0.1, 0.15) is 50.0 Å². The molecule has 0 bridgehead atoms. The molecule has 1 aromatic heterocycles. The molecule has 0 aromatic carbocycles. The lowest BCUT2D eigenvalue weighted by molar-refractivity contribution is 0.128.